The van der Waals surface area contributed by atoms with Gasteiger partial charge in [-0.05, 0) is 43.9 Å². The fraction of sp³-hybridized carbons (Fsp3) is 0.579. The van der Waals surface area contributed by atoms with Crippen molar-refractivity contribution >= 4 is 23.5 Å². The number of nitrogen functional groups attached to an aromatic ring is 1. The van der Waals surface area contributed by atoms with E-state index in [2.05, 4.69) is 44.0 Å². The molecule has 1 aromatic heterocycles. The zero-order valence-electron chi connectivity index (χ0n) is 16.1. The summed E-state index contributed by atoms with van der Waals surface area (Å²) in [6.07, 6.45) is 3.47. The molecule has 2 aliphatic rings. The minimum absolute atomic E-state index is 0. The number of hydrogen-bond acceptors (Lipinski definition) is 6. The number of H-pyrrole nitrogens is 1. The van der Waals surface area contributed by atoms with Crippen LogP contribution in [0.25, 0.3) is 0 Å². The molecule has 154 valence electrons. The Hall–Kier alpha value is -1.87. The molecule has 0 unspecified atom stereocenters. The van der Waals surface area contributed by atoms with Gasteiger partial charge < -0.3 is 20.8 Å². The van der Waals surface area contributed by atoms with Gasteiger partial charge in [-0.25, -0.2) is 5.10 Å². The normalized spacial score (nSPS) is 24.1. The van der Waals surface area contributed by atoms with Crippen molar-refractivity contribution in [3.8, 4) is 0 Å². The maximum absolute atomic E-state index is 6.03. The Morgan fingerprint density at radius 3 is 2.61 bits per heavy atom. The van der Waals surface area contributed by atoms with Crippen LogP contribution in [-0.4, -0.2) is 70.0 Å². The molecule has 3 heterocycles. The van der Waals surface area contributed by atoms with Crippen LogP contribution >= 0.6 is 11.6 Å². The number of nitrogens with one attached hydrogen (secondary N) is 1. The summed E-state index contributed by atoms with van der Waals surface area (Å²) in [5, 5.41) is 7.64. The third-order valence-electron chi connectivity index (χ3n) is 5.62. The van der Waals surface area contributed by atoms with E-state index in [1.807, 2.05) is 12.1 Å². The van der Waals surface area contributed by atoms with Crippen molar-refractivity contribution < 1.29 is 10.2 Å². The lowest BCUT2D eigenvalue weighted by Crippen LogP contribution is -2.56. The number of halogens is 1. The first-order valence-electron chi connectivity index (χ1n) is 9.63. The maximum Gasteiger partial charge on any atom is 0.241 e. The van der Waals surface area contributed by atoms with Crippen molar-refractivity contribution in [2.45, 2.75) is 44.4 Å². The van der Waals surface area contributed by atoms with E-state index < -0.39 is 0 Å². The van der Waals surface area contributed by atoms with E-state index in [0.717, 1.165) is 56.5 Å². The van der Waals surface area contributed by atoms with Crippen LogP contribution in [0.4, 0.5) is 11.9 Å². The first-order chi connectivity index (χ1) is 13.1. The monoisotopic (exact) mass is 408 g/mol. The summed E-state index contributed by atoms with van der Waals surface area (Å²) < 4.78 is 5.99. The standard InChI is InChI=1S/C19H27ClN6O.H2O/c1-13-11-26(17(12-27-13)10-14-2-4-15(20)5-3-14)16-6-8-25(9-7-16)19-22-18(21)23-24-19;/h2-5,13,16-17H,6-12H2,1H3,(H3,21,22,23,24);1H2/t13-,17-;/m0./s1. The zero-order valence-corrected chi connectivity index (χ0v) is 16.9. The summed E-state index contributed by atoms with van der Waals surface area (Å²) in [7, 11) is 0. The summed E-state index contributed by atoms with van der Waals surface area (Å²) in [6.45, 7) is 5.84. The molecule has 9 heteroatoms. The van der Waals surface area contributed by atoms with Gasteiger partial charge >= 0.3 is 0 Å². The van der Waals surface area contributed by atoms with Crippen molar-refractivity contribution in [2.75, 3.05) is 36.9 Å². The summed E-state index contributed by atoms with van der Waals surface area (Å²) in [4.78, 5) is 9.15. The number of nitrogens with two attached hydrogens (primary N) is 1. The molecule has 4 rings (SSSR count). The molecular weight excluding hydrogens is 380 g/mol. The van der Waals surface area contributed by atoms with Crippen molar-refractivity contribution in [1.82, 2.24) is 20.1 Å². The zero-order chi connectivity index (χ0) is 18.8. The fourth-order valence-corrected chi connectivity index (χ4v) is 4.33. The highest BCUT2D eigenvalue weighted by Crippen LogP contribution is 2.26. The number of benzene rings is 1. The highest BCUT2D eigenvalue weighted by Gasteiger charge is 2.34. The second kappa shape index (κ2) is 9.09. The van der Waals surface area contributed by atoms with Crippen LogP contribution in [0, 0.1) is 0 Å². The number of rotatable bonds is 4. The molecule has 0 bridgehead atoms. The SMILES string of the molecule is C[C@H]1CN(C2CCN(c3nc(N)n[nH]3)CC2)[C@@H](Cc2ccc(Cl)cc2)CO1.O. The van der Waals surface area contributed by atoms with Crippen LogP contribution < -0.4 is 10.6 Å². The van der Waals surface area contributed by atoms with Crippen LogP contribution in [0.15, 0.2) is 24.3 Å². The Kier molecular flexibility index (Phi) is 6.77. The molecule has 0 saturated carbocycles. The van der Waals surface area contributed by atoms with Crippen molar-refractivity contribution in [1.29, 1.82) is 0 Å². The van der Waals surface area contributed by atoms with Crippen molar-refractivity contribution in [3.05, 3.63) is 34.9 Å². The van der Waals surface area contributed by atoms with Crippen LogP contribution in [0.2, 0.25) is 5.02 Å². The minimum Gasteiger partial charge on any atom is -0.412 e. The van der Waals surface area contributed by atoms with Crippen LogP contribution in [0.3, 0.4) is 0 Å². The van der Waals surface area contributed by atoms with E-state index in [-0.39, 0.29) is 11.6 Å². The molecule has 0 aliphatic carbocycles. The molecule has 2 aliphatic heterocycles. The van der Waals surface area contributed by atoms with E-state index in [9.17, 15) is 0 Å². The van der Waals surface area contributed by atoms with Crippen LogP contribution in [0.1, 0.15) is 25.3 Å². The lowest BCUT2D eigenvalue weighted by atomic mass is 9.96. The Morgan fingerprint density at radius 1 is 1.25 bits per heavy atom. The second-order valence-electron chi connectivity index (χ2n) is 7.56. The van der Waals surface area contributed by atoms with Gasteiger partial charge in [0.15, 0.2) is 0 Å². The number of hydrogen-bond donors (Lipinski definition) is 2. The Labute approximate surface area is 170 Å². The number of aromatic amines is 1. The molecule has 2 saturated heterocycles. The molecule has 8 nitrogen and oxygen atoms in total. The van der Waals surface area contributed by atoms with Gasteiger partial charge in [-0.2, -0.15) is 4.98 Å². The van der Waals surface area contributed by atoms with Gasteiger partial charge in [-0.3, -0.25) is 4.90 Å². The lowest BCUT2D eigenvalue weighted by molar-refractivity contribution is -0.0745. The highest BCUT2D eigenvalue weighted by molar-refractivity contribution is 6.30. The molecule has 1 aromatic carbocycles. The number of anilines is 2. The molecule has 2 atom stereocenters. The van der Waals surface area contributed by atoms with Crippen LogP contribution in [0.5, 0.6) is 0 Å². The van der Waals surface area contributed by atoms with E-state index in [0.29, 0.717) is 18.0 Å². The first kappa shape index (κ1) is 20.9. The van der Waals surface area contributed by atoms with Gasteiger partial charge in [0.05, 0.1) is 12.7 Å². The van der Waals surface area contributed by atoms with E-state index in [1.54, 1.807) is 0 Å². The molecule has 0 spiro atoms. The molecule has 0 amide bonds. The molecule has 5 N–H and O–H groups in total. The van der Waals surface area contributed by atoms with E-state index in [4.69, 9.17) is 22.1 Å². The largest absolute Gasteiger partial charge is 0.412 e. The lowest BCUT2D eigenvalue weighted by Gasteiger charge is -2.46. The third kappa shape index (κ3) is 4.75. The van der Waals surface area contributed by atoms with Gasteiger partial charge in [0.2, 0.25) is 11.9 Å². The van der Waals surface area contributed by atoms with Gasteiger partial charge in [0.1, 0.15) is 0 Å². The molecule has 2 aromatic rings. The summed E-state index contributed by atoms with van der Waals surface area (Å²) in [5.74, 6) is 1.08. The first-order valence-corrected chi connectivity index (χ1v) is 10.0. The Balaban J connectivity index is 0.00000225. The van der Waals surface area contributed by atoms with Crippen molar-refractivity contribution in [2.24, 2.45) is 0 Å². The number of morpholine rings is 1. The van der Waals surface area contributed by atoms with Crippen molar-refractivity contribution in [3.63, 3.8) is 0 Å². The fourth-order valence-electron chi connectivity index (χ4n) is 4.20. The summed E-state index contributed by atoms with van der Waals surface area (Å²) in [6, 6.07) is 9.14. The van der Waals surface area contributed by atoms with E-state index >= 15 is 0 Å². The molecular formula is C19H29ClN6O2. The predicted octanol–water partition coefficient (Wildman–Crippen LogP) is 1.52. The smallest absolute Gasteiger partial charge is 0.241 e. The summed E-state index contributed by atoms with van der Waals surface area (Å²) in [5.41, 5.74) is 6.94. The van der Waals surface area contributed by atoms with Gasteiger partial charge in [0.25, 0.3) is 0 Å². The average molecular weight is 409 g/mol. The number of ether oxygens (including phenoxy) is 1. The third-order valence-corrected chi connectivity index (χ3v) is 5.87. The minimum atomic E-state index is 0. The molecule has 2 fully saturated rings. The number of piperidine rings is 1. The summed E-state index contributed by atoms with van der Waals surface area (Å²) >= 11 is 6.03. The second-order valence-corrected chi connectivity index (χ2v) is 8.00. The maximum atomic E-state index is 6.03. The quantitative estimate of drug-likeness (QED) is 0.792. The molecule has 0 radical (unpaired) electrons. The van der Waals surface area contributed by atoms with Crippen LogP contribution in [-0.2, 0) is 11.2 Å². The van der Waals surface area contributed by atoms with Gasteiger partial charge in [0, 0.05) is 36.7 Å². The number of aromatic nitrogens is 3. The predicted molar refractivity (Wildman–Crippen MR) is 111 cm³/mol. The topological polar surface area (TPSA) is 115 Å². The number of nitrogens with zero attached hydrogens (tertiary/aromatic N) is 4. The molecule has 28 heavy (non-hydrogen) atoms. The Morgan fingerprint density at radius 2 is 1.96 bits per heavy atom. The average Bonchev–Trinajstić information content (AvgIpc) is 3.11. The van der Waals surface area contributed by atoms with Gasteiger partial charge in [-0.1, -0.05) is 23.7 Å². The van der Waals surface area contributed by atoms with Gasteiger partial charge in [-0.15, -0.1) is 5.10 Å². The van der Waals surface area contributed by atoms with E-state index in [1.165, 1.54) is 5.56 Å². The Bertz CT molecular complexity index is 747. The highest BCUT2D eigenvalue weighted by atomic mass is 35.5.